The summed E-state index contributed by atoms with van der Waals surface area (Å²) in [5, 5.41) is 3.58. The molecule has 0 heterocycles. The van der Waals surface area contributed by atoms with Crippen LogP contribution in [0, 0.1) is 17.3 Å². The van der Waals surface area contributed by atoms with E-state index in [2.05, 4.69) is 56.5 Å². The molecule has 0 saturated heterocycles. The quantitative estimate of drug-likeness (QED) is 0.834. The molecule has 1 aromatic carbocycles. The van der Waals surface area contributed by atoms with E-state index in [1.807, 2.05) is 0 Å². The molecule has 1 nitrogen and oxygen atoms in total. The van der Waals surface area contributed by atoms with E-state index >= 15 is 0 Å². The lowest BCUT2D eigenvalue weighted by molar-refractivity contribution is 0.387. The molecule has 1 heteroatoms. The molecule has 2 saturated carbocycles. The summed E-state index contributed by atoms with van der Waals surface area (Å²) in [6, 6.07) is 11.8. The van der Waals surface area contributed by atoms with E-state index in [0.717, 1.165) is 23.8 Å². The lowest BCUT2D eigenvalue weighted by atomic mass is 9.97. The van der Waals surface area contributed by atoms with Gasteiger partial charge in [-0.2, -0.15) is 0 Å². The molecular formula is C16H23N. The molecule has 2 aliphatic rings. The second-order valence-corrected chi connectivity index (χ2v) is 6.53. The lowest BCUT2D eigenvalue weighted by Crippen LogP contribution is -2.31. The third kappa shape index (κ3) is 2.01. The SMILES string of the molecule is CNC(C1CC1c1ccccc1)C1CC1(C)C. The van der Waals surface area contributed by atoms with Crippen LogP contribution in [-0.2, 0) is 0 Å². The standard InChI is InChI=1S/C16H23N/c1-16(2)10-14(16)15(17-3)13-9-12(13)11-7-5-4-6-8-11/h4-8,12-15,17H,9-10H2,1-3H3. The van der Waals surface area contributed by atoms with Gasteiger partial charge in [-0.3, -0.25) is 0 Å². The molecule has 2 fully saturated rings. The highest BCUT2D eigenvalue weighted by Crippen LogP contribution is 2.61. The van der Waals surface area contributed by atoms with Crippen molar-refractivity contribution in [1.82, 2.24) is 5.32 Å². The molecule has 0 aromatic heterocycles. The summed E-state index contributed by atoms with van der Waals surface area (Å²) in [7, 11) is 2.14. The summed E-state index contributed by atoms with van der Waals surface area (Å²) in [4.78, 5) is 0. The van der Waals surface area contributed by atoms with Crippen LogP contribution < -0.4 is 5.32 Å². The first-order chi connectivity index (χ1) is 8.13. The molecule has 4 atom stereocenters. The molecule has 0 aliphatic heterocycles. The van der Waals surface area contributed by atoms with Crippen LogP contribution in [0.15, 0.2) is 30.3 Å². The smallest absolute Gasteiger partial charge is 0.0132 e. The highest BCUT2D eigenvalue weighted by atomic mass is 14.9. The summed E-state index contributed by atoms with van der Waals surface area (Å²) >= 11 is 0. The Morgan fingerprint density at radius 2 is 1.88 bits per heavy atom. The topological polar surface area (TPSA) is 12.0 Å². The van der Waals surface area contributed by atoms with E-state index in [-0.39, 0.29) is 0 Å². The predicted octanol–water partition coefficient (Wildman–Crippen LogP) is 3.42. The summed E-state index contributed by atoms with van der Waals surface area (Å²) in [5.74, 6) is 2.57. The zero-order valence-corrected chi connectivity index (χ0v) is 11.1. The highest BCUT2D eigenvalue weighted by molar-refractivity contribution is 5.27. The average molecular weight is 229 g/mol. The molecular weight excluding hydrogens is 206 g/mol. The molecule has 4 unspecified atom stereocenters. The number of hydrogen-bond acceptors (Lipinski definition) is 1. The van der Waals surface area contributed by atoms with Crippen LogP contribution in [0.2, 0.25) is 0 Å². The van der Waals surface area contributed by atoms with Crippen LogP contribution in [0.4, 0.5) is 0 Å². The fourth-order valence-corrected chi connectivity index (χ4v) is 3.53. The van der Waals surface area contributed by atoms with Crippen LogP contribution in [0.1, 0.15) is 38.2 Å². The average Bonchev–Trinajstić information content (AvgIpc) is 3.20. The summed E-state index contributed by atoms with van der Waals surface area (Å²) in [6.45, 7) is 4.81. The Kier molecular flexibility index (Phi) is 2.55. The predicted molar refractivity (Wildman–Crippen MR) is 72.0 cm³/mol. The third-order valence-corrected chi connectivity index (χ3v) is 4.89. The van der Waals surface area contributed by atoms with Crippen molar-refractivity contribution in [3.05, 3.63) is 35.9 Å². The van der Waals surface area contributed by atoms with E-state index in [9.17, 15) is 0 Å². The second-order valence-electron chi connectivity index (χ2n) is 6.53. The highest BCUT2D eigenvalue weighted by Gasteiger charge is 2.56. The van der Waals surface area contributed by atoms with Gasteiger partial charge in [-0.1, -0.05) is 44.2 Å². The number of hydrogen-bond donors (Lipinski definition) is 1. The maximum atomic E-state index is 3.58. The molecule has 0 spiro atoms. The van der Waals surface area contributed by atoms with Gasteiger partial charge in [0.25, 0.3) is 0 Å². The van der Waals surface area contributed by atoms with Gasteiger partial charge in [0.2, 0.25) is 0 Å². The van der Waals surface area contributed by atoms with E-state index in [1.54, 1.807) is 0 Å². The van der Waals surface area contributed by atoms with Crippen molar-refractivity contribution in [3.8, 4) is 0 Å². The molecule has 0 bridgehead atoms. The lowest BCUT2D eigenvalue weighted by Gasteiger charge is -2.18. The fraction of sp³-hybridized carbons (Fsp3) is 0.625. The van der Waals surface area contributed by atoms with Gasteiger partial charge in [0.05, 0.1) is 0 Å². The maximum Gasteiger partial charge on any atom is 0.0132 e. The number of nitrogens with one attached hydrogen (secondary N) is 1. The van der Waals surface area contributed by atoms with Crippen LogP contribution in [0.5, 0.6) is 0 Å². The van der Waals surface area contributed by atoms with E-state index < -0.39 is 0 Å². The molecule has 0 radical (unpaired) electrons. The molecule has 17 heavy (non-hydrogen) atoms. The van der Waals surface area contributed by atoms with Crippen molar-refractivity contribution in [2.45, 2.75) is 38.6 Å². The van der Waals surface area contributed by atoms with E-state index in [1.165, 1.54) is 18.4 Å². The third-order valence-electron chi connectivity index (χ3n) is 4.89. The van der Waals surface area contributed by atoms with Crippen molar-refractivity contribution in [2.24, 2.45) is 17.3 Å². The van der Waals surface area contributed by atoms with Crippen molar-refractivity contribution >= 4 is 0 Å². The first-order valence-corrected chi connectivity index (χ1v) is 6.86. The fourth-order valence-electron chi connectivity index (χ4n) is 3.53. The molecule has 1 aromatic rings. The van der Waals surface area contributed by atoms with Gasteiger partial charge >= 0.3 is 0 Å². The van der Waals surface area contributed by atoms with Crippen molar-refractivity contribution in [1.29, 1.82) is 0 Å². The molecule has 0 amide bonds. The molecule has 92 valence electrons. The molecule has 2 aliphatic carbocycles. The number of rotatable bonds is 4. The minimum absolute atomic E-state index is 0.581. The van der Waals surface area contributed by atoms with E-state index in [4.69, 9.17) is 0 Å². The van der Waals surface area contributed by atoms with Crippen LogP contribution >= 0.6 is 0 Å². The Balaban J connectivity index is 1.68. The van der Waals surface area contributed by atoms with Crippen LogP contribution in [0.3, 0.4) is 0 Å². The Bertz CT molecular complexity index is 395. The Morgan fingerprint density at radius 3 is 2.41 bits per heavy atom. The summed E-state index contributed by atoms with van der Waals surface area (Å²) in [6.07, 6.45) is 2.78. The normalized spacial score (nSPS) is 35.4. The zero-order valence-electron chi connectivity index (χ0n) is 11.1. The zero-order chi connectivity index (χ0) is 12.0. The van der Waals surface area contributed by atoms with Gasteiger partial charge in [0.15, 0.2) is 0 Å². The maximum absolute atomic E-state index is 3.58. The van der Waals surface area contributed by atoms with Gasteiger partial charge in [0, 0.05) is 6.04 Å². The van der Waals surface area contributed by atoms with Gasteiger partial charge in [-0.15, -0.1) is 0 Å². The second kappa shape index (κ2) is 3.84. The first-order valence-electron chi connectivity index (χ1n) is 6.86. The Morgan fingerprint density at radius 1 is 1.24 bits per heavy atom. The Labute approximate surface area is 105 Å². The largest absolute Gasteiger partial charge is 0.316 e. The van der Waals surface area contributed by atoms with Crippen LogP contribution in [-0.4, -0.2) is 13.1 Å². The number of benzene rings is 1. The van der Waals surface area contributed by atoms with Crippen molar-refractivity contribution < 1.29 is 0 Å². The van der Waals surface area contributed by atoms with E-state index in [0.29, 0.717) is 5.41 Å². The van der Waals surface area contributed by atoms with Gasteiger partial charge in [-0.05, 0) is 48.6 Å². The summed E-state index contributed by atoms with van der Waals surface area (Å²) in [5.41, 5.74) is 2.12. The Hall–Kier alpha value is -0.820. The monoisotopic (exact) mass is 229 g/mol. The minimum atomic E-state index is 0.581. The van der Waals surface area contributed by atoms with Gasteiger partial charge < -0.3 is 5.32 Å². The van der Waals surface area contributed by atoms with Gasteiger partial charge in [-0.25, -0.2) is 0 Å². The van der Waals surface area contributed by atoms with Crippen LogP contribution in [0.25, 0.3) is 0 Å². The van der Waals surface area contributed by atoms with Crippen molar-refractivity contribution in [2.75, 3.05) is 7.05 Å². The molecule has 1 N–H and O–H groups in total. The first kappa shape index (κ1) is 11.3. The van der Waals surface area contributed by atoms with Gasteiger partial charge in [0.1, 0.15) is 0 Å². The summed E-state index contributed by atoms with van der Waals surface area (Å²) < 4.78 is 0. The molecule has 3 rings (SSSR count). The minimum Gasteiger partial charge on any atom is -0.316 e. The van der Waals surface area contributed by atoms with Crippen molar-refractivity contribution in [3.63, 3.8) is 0 Å².